The van der Waals surface area contributed by atoms with Crippen LogP contribution < -0.4 is 11.1 Å². The highest BCUT2D eigenvalue weighted by atomic mass is 32.2. The van der Waals surface area contributed by atoms with Gasteiger partial charge in [-0.1, -0.05) is 24.3 Å². The van der Waals surface area contributed by atoms with Crippen molar-refractivity contribution in [3.8, 4) is 0 Å². The first-order valence-corrected chi connectivity index (χ1v) is 8.50. The lowest BCUT2D eigenvalue weighted by Crippen LogP contribution is -2.42. The van der Waals surface area contributed by atoms with E-state index in [-0.39, 0.29) is 10.5 Å². The van der Waals surface area contributed by atoms with Gasteiger partial charge in [-0.25, -0.2) is 0 Å². The van der Waals surface area contributed by atoms with Gasteiger partial charge in [0, 0.05) is 10.5 Å². The van der Waals surface area contributed by atoms with Gasteiger partial charge < -0.3 is 11.1 Å². The average Bonchev–Trinajstić information content (AvgIpc) is 2.61. The van der Waals surface area contributed by atoms with Gasteiger partial charge in [0.05, 0.1) is 11.1 Å². The van der Waals surface area contributed by atoms with Crippen LogP contribution in [-0.2, 0) is 11.0 Å². The number of amides is 2. The largest absolute Gasteiger partial charge is 0.417 e. The van der Waals surface area contributed by atoms with Gasteiger partial charge in [0.25, 0.3) is 5.91 Å². The van der Waals surface area contributed by atoms with Crippen LogP contribution in [0.15, 0.2) is 53.4 Å². The summed E-state index contributed by atoms with van der Waals surface area (Å²) >= 11 is 0.501. The molecular weight excluding hydrogens is 381 g/mol. The first-order chi connectivity index (χ1) is 12.6. The van der Waals surface area contributed by atoms with Crippen LogP contribution in [0.2, 0.25) is 0 Å². The maximum Gasteiger partial charge on any atom is 0.417 e. The molecule has 0 aromatic heterocycles. The first-order valence-electron chi connectivity index (χ1n) is 7.69. The van der Waals surface area contributed by atoms with E-state index in [0.29, 0.717) is 11.8 Å². The highest BCUT2D eigenvalue weighted by Gasteiger charge is 2.35. The zero-order valence-electron chi connectivity index (χ0n) is 14.0. The Morgan fingerprint density at radius 2 is 1.56 bits per heavy atom. The molecule has 0 fully saturated rings. The van der Waals surface area contributed by atoms with Crippen LogP contribution in [0.4, 0.5) is 13.2 Å². The maximum atomic E-state index is 13.1. The smallest absolute Gasteiger partial charge is 0.368 e. The lowest BCUT2D eigenvalue weighted by atomic mass is 10.1. The Bertz CT molecular complexity index is 884. The number of halogens is 3. The summed E-state index contributed by atoms with van der Waals surface area (Å²) in [4.78, 5) is 36.0. The van der Waals surface area contributed by atoms with Crippen molar-refractivity contribution in [2.45, 2.75) is 24.0 Å². The molecule has 0 aliphatic carbocycles. The Morgan fingerprint density at radius 1 is 1.00 bits per heavy atom. The summed E-state index contributed by atoms with van der Waals surface area (Å²) in [5.41, 5.74) is 3.59. The van der Waals surface area contributed by atoms with Gasteiger partial charge in [0.2, 0.25) is 11.0 Å². The molecule has 142 valence electrons. The van der Waals surface area contributed by atoms with E-state index in [1.165, 1.54) is 37.3 Å². The molecule has 0 heterocycles. The predicted molar refractivity (Wildman–Crippen MR) is 94.2 cm³/mol. The third-order valence-electron chi connectivity index (χ3n) is 3.56. The van der Waals surface area contributed by atoms with Crippen LogP contribution in [-0.4, -0.2) is 23.0 Å². The number of primary amides is 1. The molecular formula is C18H15F3N2O3S. The van der Waals surface area contributed by atoms with Crippen molar-refractivity contribution < 1.29 is 27.6 Å². The summed E-state index contributed by atoms with van der Waals surface area (Å²) in [6.07, 6.45) is -4.68. The fourth-order valence-electron chi connectivity index (χ4n) is 2.15. The van der Waals surface area contributed by atoms with Gasteiger partial charge in [-0.3, -0.25) is 14.4 Å². The number of alkyl halides is 3. The zero-order chi connectivity index (χ0) is 20.2. The summed E-state index contributed by atoms with van der Waals surface area (Å²) in [7, 11) is 0. The summed E-state index contributed by atoms with van der Waals surface area (Å²) < 4.78 is 39.3. The van der Waals surface area contributed by atoms with Crippen LogP contribution in [0.1, 0.15) is 33.2 Å². The van der Waals surface area contributed by atoms with Crippen LogP contribution in [0.3, 0.4) is 0 Å². The second-order valence-corrected chi connectivity index (χ2v) is 6.54. The topological polar surface area (TPSA) is 89.3 Å². The standard InChI is InChI=1S/C18H15F3N2O3S/c1-10(15(22)24)23-16(25)12-7-3-5-9-14(12)27-17(26)11-6-2-4-8-13(11)18(19,20)21/h2-10H,1H3,(H2,22,24)(H,23,25)/t10-/m0/s1. The van der Waals surface area contributed by atoms with Gasteiger partial charge in [0.1, 0.15) is 6.04 Å². The second-order valence-electron chi connectivity index (χ2n) is 5.53. The molecule has 9 heteroatoms. The van der Waals surface area contributed by atoms with E-state index in [1.807, 2.05) is 0 Å². The van der Waals surface area contributed by atoms with Crippen LogP contribution in [0.25, 0.3) is 0 Å². The van der Waals surface area contributed by atoms with Gasteiger partial charge in [-0.2, -0.15) is 13.2 Å². The molecule has 2 aromatic carbocycles. The Hall–Kier alpha value is -2.81. The highest BCUT2D eigenvalue weighted by Crippen LogP contribution is 2.35. The monoisotopic (exact) mass is 396 g/mol. The lowest BCUT2D eigenvalue weighted by molar-refractivity contribution is -0.137. The molecule has 1 atom stereocenters. The molecule has 0 bridgehead atoms. The van der Waals surface area contributed by atoms with E-state index in [4.69, 9.17) is 5.73 Å². The van der Waals surface area contributed by atoms with Gasteiger partial charge in [-0.05, 0) is 43.0 Å². The number of rotatable bonds is 5. The fourth-order valence-corrected chi connectivity index (χ4v) is 3.06. The third-order valence-corrected chi connectivity index (χ3v) is 4.54. The number of benzene rings is 2. The zero-order valence-corrected chi connectivity index (χ0v) is 14.9. The predicted octanol–water partition coefficient (Wildman–Crippen LogP) is 3.24. The average molecular weight is 396 g/mol. The molecule has 0 saturated heterocycles. The van der Waals surface area contributed by atoms with Crippen molar-refractivity contribution in [3.05, 3.63) is 65.2 Å². The summed E-state index contributed by atoms with van der Waals surface area (Å²) in [5.74, 6) is -1.41. The molecule has 0 radical (unpaired) electrons. The van der Waals surface area contributed by atoms with E-state index in [0.717, 1.165) is 12.1 Å². The van der Waals surface area contributed by atoms with Gasteiger partial charge in [0.15, 0.2) is 0 Å². The number of hydrogen-bond acceptors (Lipinski definition) is 4. The third kappa shape index (κ3) is 5.10. The SMILES string of the molecule is C[C@H](NC(=O)c1ccccc1SC(=O)c1ccccc1C(F)(F)F)C(N)=O. The highest BCUT2D eigenvalue weighted by molar-refractivity contribution is 8.14. The fraction of sp³-hybridized carbons (Fsp3) is 0.167. The number of nitrogens with two attached hydrogens (primary N) is 1. The van der Waals surface area contributed by atoms with Gasteiger partial charge >= 0.3 is 6.18 Å². The quantitative estimate of drug-likeness (QED) is 0.760. The maximum absolute atomic E-state index is 13.1. The summed E-state index contributed by atoms with van der Waals surface area (Å²) in [6, 6.07) is 9.37. The van der Waals surface area contributed by atoms with Crippen molar-refractivity contribution in [2.75, 3.05) is 0 Å². The van der Waals surface area contributed by atoms with E-state index >= 15 is 0 Å². The van der Waals surface area contributed by atoms with Crippen molar-refractivity contribution in [1.29, 1.82) is 0 Å². The number of carbonyl (C=O) groups excluding carboxylic acids is 3. The molecule has 3 N–H and O–H groups in total. The van der Waals surface area contributed by atoms with Crippen LogP contribution in [0, 0.1) is 0 Å². The Kier molecular flexibility index (Phi) is 6.27. The molecule has 2 aromatic rings. The second kappa shape index (κ2) is 8.26. The van der Waals surface area contributed by atoms with Crippen molar-refractivity contribution in [1.82, 2.24) is 5.32 Å². The van der Waals surface area contributed by atoms with Gasteiger partial charge in [-0.15, -0.1) is 0 Å². The van der Waals surface area contributed by atoms with E-state index in [9.17, 15) is 27.6 Å². The van der Waals surface area contributed by atoms with E-state index < -0.39 is 40.3 Å². The minimum absolute atomic E-state index is 0.0495. The molecule has 2 amide bonds. The first kappa shape index (κ1) is 20.5. The molecule has 0 spiro atoms. The minimum Gasteiger partial charge on any atom is -0.368 e. The number of nitrogens with one attached hydrogen (secondary N) is 1. The Morgan fingerprint density at radius 3 is 2.15 bits per heavy atom. The van der Waals surface area contributed by atoms with E-state index in [2.05, 4.69) is 5.32 Å². The van der Waals surface area contributed by atoms with Crippen LogP contribution >= 0.6 is 11.8 Å². The molecule has 27 heavy (non-hydrogen) atoms. The van der Waals surface area contributed by atoms with Crippen molar-refractivity contribution in [3.63, 3.8) is 0 Å². The van der Waals surface area contributed by atoms with Crippen molar-refractivity contribution in [2.24, 2.45) is 5.73 Å². The lowest BCUT2D eigenvalue weighted by Gasteiger charge is -2.14. The molecule has 5 nitrogen and oxygen atoms in total. The molecule has 0 unspecified atom stereocenters. The Balaban J connectivity index is 2.31. The normalized spacial score (nSPS) is 12.3. The minimum atomic E-state index is -4.68. The summed E-state index contributed by atoms with van der Waals surface area (Å²) in [6.45, 7) is 1.39. The molecule has 2 rings (SSSR count). The van der Waals surface area contributed by atoms with Crippen LogP contribution in [0.5, 0.6) is 0 Å². The molecule has 0 saturated carbocycles. The number of hydrogen-bond donors (Lipinski definition) is 2. The number of carbonyl (C=O) groups is 3. The Labute approximate surface area is 157 Å². The molecule has 0 aliphatic heterocycles. The molecule has 0 aliphatic rings. The summed E-state index contributed by atoms with van der Waals surface area (Å²) in [5, 5.41) is 1.51. The van der Waals surface area contributed by atoms with Crippen molar-refractivity contribution >= 4 is 28.7 Å². The number of thioether (sulfide) groups is 1. The van der Waals surface area contributed by atoms with E-state index in [1.54, 1.807) is 6.07 Å².